The number of aromatic nitrogens is 4. The van der Waals surface area contributed by atoms with Crippen LogP contribution >= 0.6 is 11.3 Å². The number of pyridine rings is 1. The molecule has 0 amide bonds. The minimum atomic E-state index is 0.594. The Kier molecular flexibility index (Phi) is 6.32. The van der Waals surface area contributed by atoms with Gasteiger partial charge in [0.2, 0.25) is 0 Å². The predicted molar refractivity (Wildman–Crippen MR) is 205 cm³/mol. The summed E-state index contributed by atoms with van der Waals surface area (Å²) in [6.45, 7) is 0. The van der Waals surface area contributed by atoms with E-state index in [0.29, 0.717) is 17.5 Å². The Morgan fingerprint density at radius 3 is 1.65 bits per heavy atom. The molecular weight excluding hydrogens is 617 g/mol. The number of rotatable bonds is 4. The van der Waals surface area contributed by atoms with Crippen LogP contribution in [0.15, 0.2) is 158 Å². The van der Waals surface area contributed by atoms with Crippen LogP contribution in [0.4, 0.5) is 0 Å². The van der Waals surface area contributed by atoms with Gasteiger partial charge in [-0.2, -0.15) is 0 Å². The summed E-state index contributed by atoms with van der Waals surface area (Å²) in [4.78, 5) is 19.5. The fourth-order valence-corrected chi connectivity index (χ4v) is 8.20. The fourth-order valence-electron chi connectivity index (χ4n) is 6.94. The SMILES string of the molecule is c1ccc(-c2nc(-c3ccccc3)nc(-c3ccc(-c4ccc5c(ccc6ccc7ccc8c9ccccc9sc8c7c65)c4)nc3)n2)cc1. The van der Waals surface area contributed by atoms with Crippen molar-refractivity contribution in [3.8, 4) is 45.4 Å². The summed E-state index contributed by atoms with van der Waals surface area (Å²) in [6, 6.07) is 53.1. The molecule has 0 atom stereocenters. The number of nitrogens with zero attached hydrogens (tertiary/aromatic N) is 4. The molecule has 0 aliphatic heterocycles. The van der Waals surface area contributed by atoms with Crippen LogP contribution in [0.2, 0.25) is 0 Å². The van der Waals surface area contributed by atoms with E-state index < -0.39 is 0 Å². The lowest BCUT2D eigenvalue weighted by atomic mass is 9.94. The van der Waals surface area contributed by atoms with Crippen molar-refractivity contribution in [3.63, 3.8) is 0 Å². The average Bonchev–Trinajstić information content (AvgIpc) is 3.57. The highest BCUT2D eigenvalue weighted by atomic mass is 32.1. The molecule has 0 unspecified atom stereocenters. The summed E-state index contributed by atoms with van der Waals surface area (Å²) < 4.78 is 2.67. The van der Waals surface area contributed by atoms with Gasteiger partial charge >= 0.3 is 0 Å². The van der Waals surface area contributed by atoms with Crippen molar-refractivity contribution in [2.45, 2.75) is 0 Å². The topological polar surface area (TPSA) is 51.6 Å². The zero-order valence-corrected chi connectivity index (χ0v) is 27.0. The smallest absolute Gasteiger partial charge is 0.165 e. The predicted octanol–water partition coefficient (Wildman–Crippen LogP) is 11.8. The Hall–Kier alpha value is -6.30. The van der Waals surface area contributed by atoms with Crippen molar-refractivity contribution >= 4 is 63.8 Å². The van der Waals surface area contributed by atoms with E-state index in [0.717, 1.165) is 27.9 Å². The summed E-state index contributed by atoms with van der Waals surface area (Å²) in [5.41, 5.74) is 4.69. The van der Waals surface area contributed by atoms with Crippen LogP contribution in [0.25, 0.3) is 97.9 Å². The van der Waals surface area contributed by atoms with Crippen molar-refractivity contribution in [3.05, 3.63) is 158 Å². The molecule has 228 valence electrons. The first-order chi connectivity index (χ1) is 24.3. The summed E-state index contributed by atoms with van der Waals surface area (Å²) in [5.74, 6) is 1.86. The third kappa shape index (κ3) is 4.66. The van der Waals surface area contributed by atoms with Crippen LogP contribution in [0, 0.1) is 0 Å². The van der Waals surface area contributed by atoms with E-state index in [1.807, 2.05) is 78.2 Å². The Bertz CT molecular complexity index is 2800. The number of benzene rings is 7. The number of hydrogen-bond acceptors (Lipinski definition) is 5. The maximum atomic E-state index is 4.92. The average molecular weight is 643 g/mol. The van der Waals surface area contributed by atoms with Gasteiger partial charge in [-0.25, -0.2) is 15.0 Å². The molecular formula is C44H26N4S. The molecule has 0 bridgehead atoms. The van der Waals surface area contributed by atoms with E-state index in [2.05, 4.69) is 91.0 Å². The number of thiophene rings is 1. The van der Waals surface area contributed by atoms with E-state index in [1.54, 1.807) is 0 Å². The molecule has 3 aromatic heterocycles. The molecule has 0 saturated carbocycles. The van der Waals surface area contributed by atoms with Gasteiger partial charge in [-0.05, 0) is 51.2 Å². The Morgan fingerprint density at radius 1 is 0.388 bits per heavy atom. The van der Waals surface area contributed by atoms with E-state index in [9.17, 15) is 0 Å². The molecule has 0 spiro atoms. The third-order valence-corrected chi connectivity index (χ3v) is 10.5. The van der Waals surface area contributed by atoms with Crippen LogP contribution in [-0.2, 0) is 0 Å². The van der Waals surface area contributed by atoms with E-state index in [-0.39, 0.29) is 0 Å². The first-order valence-corrected chi connectivity index (χ1v) is 17.1. The highest BCUT2D eigenvalue weighted by Crippen LogP contribution is 2.43. The van der Waals surface area contributed by atoms with Gasteiger partial charge in [-0.1, -0.05) is 127 Å². The second-order valence-corrected chi connectivity index (χ2v) is 13.3. The van der Waals surface area contributed by atoms with Crippen molar-refractivity contribution in [1.29, 1.82) is 0 Å². The normalized spacial score (nSPS) is 11.7. The molecule has 0 saturated heterocycles. The maximum Gasteiger partial charge on any atom is 0.165 e. The van der Waals surface area contributed by atoms with Gasteiger partial charge in [0.05, 0.1) is 5.69 Å². The highest BCUT2D eigenvalue weighted by Gasteiger charge is 2.15. The molecule has 49 heavy (non-hydrogen) atoms. The summed E-state index contributed by atoms with van der Waals surface area (Å²) in [5, 5.41) is 10.2. The molecule has 0 fully saturated rings. The molecule has 4 nitrogen and oxygen atoms in total. The van der Waals surface area contributed by atoms with Gasteiger partial charge in [0, 0.05) is 54.0 Å². The zero-order valence-electron chi connectivity index (χ0n) is 26.2. The van der Waals surface area contributed by atoms with Crippen LogP contribution in [-0.4, -0.2) is 19.9 Å². The van der Waals surface area contributed by atoms with Gasteiger partial charge in [0.1, 0.15) is 0 Å². The summed E-state index contributed by atoms with van der Waals surface area (Å²) >= 11 is 1.89. The highest BCUT2D eigenvalue weighted by molar-refractivity contribution is 7.26. The van der Waals surface area contributed by atoms with Gasteiger partial charge in [0.15, 0.2) is 17.5 Å². The van der Waals surface area contributed by atoms with Crippen molar-refractivity contribution in [1.82, 2.24) is 19.9 Å². The number of hydrogen-bond donors (Lipinski definition) is 0. The largest absolute Gasteiger partial charge is 0.255 e. The lowest BCUT2D eigenvalue weighted by Gasteiger charge is -2.11. The summed E-state index contributed by atoms with van der Waals surface area (Å²) in [6.07, 6.45) is 1.87. The Morgan fingerprint density at radius 2 is 0.959 bits per heavy atom. The van der Waals surface area contributed by atoms with Crippen molar-refractivity contribution in [2.75, 3.05) is 0 Å². The molecule has 0 radical (unpaired) electrons. The van der Waals surface area contributed by atoms with E-state index in [4.69, 9.17) is 19.9 Å². The molecule has 3 heterocycles. The third-order valence-electron chi connectivity index (χ3n) is 9.34. The molecule has 10 rings (SSSR count). The first-order valence-electron chi connectivity index (χ1n) is 16.3. The van der Waals surface area contributed by atoms with Crippen molar-refractivity contribution < 1.29 is 0 Å². The van der Waals surface area contributed by atoms with Gasteiger partial charge in [-0.3, -0.25) is 4.98 Å². The monoisotopic (exact) mass is 642 g/mol. The minimum absolute atomic E-state index is 0.594. The quantitative estimate of drug-likeness (QED) is 0.179. The lowest BCUT2D eigenvalue weighted by Crippen LogP contribution is -2.00. The standard InChI is InChI=1S/C44H26N4S/c1-3-9-29(10-4-1)42-46-43(30-11-5-2-6-12-30)48-44(47-42)33-21-24-37(45-26-33)32-20-22-34-31(25-32)18-17-27-15-16-28-19-23-36-35-13-7-8-14-38(35)49-41(36)40(28)39(27)34/h1-26H. The Balaban J connectivity index is 1.08. The minimum Gasteiger partial charge on any atom is -0.255 e. The summed E-state index contributed by atoms with van der Waals surface area (Å²) in [7, 11) is 0. The van der Waals surface area contributed by atoms with Crippen LogP contribution in [0.5, 0.6) is 0 Å². The lowest BCUT2D eigenvalue weighted by molar-refractivity contribution is 1.07. The Labute approximate surface area is 286 Å². The van der Waals surface area contributed by atoms with Gasteiger partial charge < -0.3 is 0 Å². The molecule has 5 heteroatoms. The van der Waals surface area contributed by atoms with Crippen molar-refractivity contribution in [2.24, 2.45) is 0 Å². The van der Waals surface area contributed by atoms with E-state index >= 15 is 0 Å². The molecule has 0 aliphatic carbocycles. The molecule has 0 aliphatic rings. The maximum absolute atomic E-state index is 4.92. The number of fused-ring (bicyclic) bond motifs is 9. The first kappa shape index (κ1) is 27.8. The second-order valence-electron chi connectivity index (χ2n) is 12.3. The van der Waals surface area contributed by atoms with Crippen LogP contribution < -0.4 is 0 Å². The van der Waals surface area contributed by atoms with E-state index in [1.165, 1.54) is 52.5 Å². The molecule has 10 aromatic rings. The second kappa shape index (κ2) is 11.2. The fraction of sp³-hybridized carbons (Fsp3) is 0. The van der Waals surface area contributed by atoms with Gasteiger partial charge in [-0.15, -0.1) is 11.3 Å². The van der Waals surface area contributed by atoms with Crippen LogP contribution in [0.1, 0.15) is 0 Å². The molecule has 0 N–H and O–H groups in total. The zero-order chi connectivity index (χ0) is 32.3. The molecule has 7 aromatic carbocycles. The van der Waals surface area contributed by atoms with Crippen LogP contribution in [0.3, 0.4) is 0 Å². The van der Waals surface area contributed by atoms with Gasteiger partial charge in [0.25, 0.3) is 0 Å².